The summed E-state index contributed by atoms with van der Waals surface area (Å²) in [4.78, 5) is 0. The second-order valence-corrected chi connectivity index (χ2v) is 5.42. The van der Waals surface area contributed by atoms with Crippen LogP contribution in [0.1, 0.15) is 24.9 Å². The molecule has 0 bridgehead atoms. The number of nitrogens with zero attached hydrogens (tertiary/aromatic N) is 1. The maximum Gasteiger partial charge on any atom is 0.120 e. The van der Waals surface area contributed by atoms with Crippen molar-refractivity contribution in [1.82, 2.24) is 4.57 Å². The van der Waals surface area contributed by atoms with Crippen molar-refractivity contribution in [3.63, 3.8) is 0 Å². The van der Waals surface area contributed by atoms with Crippen LogP contribution in [0.3, 0.4) is 0 Å². The molecule has 2 rings (SSSR count). The second-order valence-electron chi connectivity index (χ2n) is 4.50. The van der Waals surface area contributed by atoms with E-state index in [1.165, 1.54) is 5.56 Å². The Morgan fingerprint density at radius 3 is 2.95 bits per heavy atom. The zero-order valence-corrected chi connectivity index (χ0v) is 12.6. The lowest BCUT2D eigenvalue weighted by atomic mass is 10.1. The third-order valence-corrected chi connectivity index (χ3v) is 3.55. The van der Waals surface area contributed by atoms with Gasteiger partial charge in [0.25, 0.3) is 0 Å². The maximum atomic E-state index is 5.99. The van der Waals surface area contributed by atoms with Crippen LogP contribution < -0.4 is 10.5 Å². The molecule has 0 saturated carbocycles. The average molecular weight is 323 g/mol. The van der Waals surface area contributed by atoms with Gasteiger partial charge in [-0.25, -0.2) is 0 Å². The zero-order valence-electron chi connectivity index (χ0n) is 11.1. The molecule has 2 aromatic rings. The molecule has 0 spiro atoms. The topological polar surface area (TPSA) is 40.2 Å². The van der Waals surface area contributed by atoms with E-state index < -0.39 is 0 Å². The first-order chi connectivity index (χ1) is 9.19. The van der Waals surface area contributed by atoms with Gasteiger partial charge < -0.3 is 15.0 Å². The molecule has 1 unspecified atom stereocenters. The standard InChI is InChI=1S/C15H19BrN2O/c1-2-15(17)12-6-7-18(11-12)8-9-19-14-5-3-4-13(16)10-14/h3-7,10-11,15H,2,8-9,17H2,1H3. The molecule has 1 aromatic heterocycles. The van der Waals surface area contributed by atoms with Crippen molar-refractivity contribution in [2.75, 3.05) is 6.61 Å². The highest BCUT2D eigenvalue weighted by Gasteiger charge is 2.04. The second kappa shape index (κ2) is 6.78. The fourth-order valence-electron chi connectivity index (χ4n) is 1.88. The molecule has 0 saturated heterocycles. The number of rotatable bonds is 6. The van der Waals surface area contributed by atoms with Crippen LogP contribution in [-0.4, -0.2) is 11.2 Å². The first kappa shape index (κ1) is 14.2. The predicted molar refractivity (Wildman–Crippen MR) is 81.3 cm³/mol. The van der Waals surface area contributed by atoms with Gasteiger partial charge in [-0.2, -0.15) is 0 Å². The highest BCUT2D eigenvalue weighted by Crippen LogP contribution is 2.18. The van der Waals surface area contributed by atoms with Crippen molar-refractivity contribution in [3.05, 3.63) is 52.8 Å². The molecular weight excluding hydrogens is 304 g/mol. The van der Waals surface area contributed by atoms with E-state index in [-0.39, 0.29) is 6.04 Å². The van der Waals surface area contributed by atoms with E-state index in [4.69, 9.17) is 10.5 Å². The van der Waals surface area contributed by atoms with E-state index in [0.717, 1.165) is 23.2 Å². The monoisotopic (exact) mass is 322 g/mol. The molecule has 0 amide bonds. The lowest BCUT2D eigenvalue weighted by Gasteiger charge is -2.08. The molecule has 3 nitrogen and oxygen atoms in total. The van der Waals surface area contributed by atoms with Gasteiger partial charge in [-0.3, -0.25) is 0 Å². The van der Waals surface area contributed by atoms with Crippen LogP contribution >= 0.6 is 15.9 Å². The Balaban J connectivity index is 1.84. The van der Waals surface area contributed by atoms with Crippen LogP contribution in [0, 0.1) is 0 Å². The summed E-state index contributed by atoms with van der Waals surface area (Å²) < 4.78 is 8.85. The van der Waals surface area contributed by atoms with Crippen molar-refractivity contribution in [1.29, 1.82) is 0 Å². The van der Waals surface area contributed by atoms with E-state index in [1.54, 1.807) is 0 Å². The summed E-state index contributed by atoms with van der Waals surface area (Å²) in [5.41, 5.74) is 7.18. The fraction of sp³-hybridized carbons (Fsp3) is 0.333. The smallest absolute Gasteiger partial charge is 0.120 e. The van der Waals surface area contributed by atoms with Gasteiger partial charge >= 0.3 is 0 Å². The van der Waals surface area contributed by atoms with Gasteiger partial charge in [0.15, 0.2) is 0 Å². The van der Waals surface area contributed by atoms with Crippen LogP contribution in [0.2, 0.25) is 0 Å². The number of aromatic nitrogens is 1. The largest absolute Gasteiger partial charge is 0.492 e. The predicted octanol–water partition coefficient (Wildman–Crippen LogP) is 3.74. The van der Waals surface area contributed by atoms with E-state index in [2.05, 4.69) is 45.9 Å². The normalized spacial score (nSPS) is 12.4. The summed E-state index contributed by atoms with van der Waals surface area (Å²) in [5.74, 6) is 0.881. The zero-order chi connectivity index (χ0) is 13.7. The SMILES string of the molecule is CCC(N)c1ccn(CCOc2cccc(Br)c2)c1. The summed E-state index contributed by atoms with van der Waals surface area (Å²) in [6.45, 7) is 3.56. The van der Waals surface area contributed by atoms with E-state index >= 15 is 0 Å². The lowest BCUT2D eigenvalue weighted by molar-refractivity contribution is 0.298. The van der Waals surface area contributed by atoms with Crippen LogP contribution in [0.5, 0.6) is 5.75 Å². The van der Waals surface area contributed by atoms with Crippen molar-refractivity contribution >= 4 is 15.9 Å². The van der Waals surface area contributed by atoms with Gasteiger partial charge in [0.05, 0.1) is 6.54 Å². The average Bonchev–Trinajstić information content (AvgIpc) is 2.87. The number of ether oxygens (including phenoxy) is 1. The Hall–Kier alpha value is -1.26. The molecular formula is C15H19BrN2O. The van der Waals surface area contributed by atoms with Crippen molar-refractivity contribution in [3.8, 4) is 5.75 Å². The van der Waals surface area contributed by atoms with Gasteiger partial charge in [-0.15, -0.1) is 0 Å². The Kier molecular flexibility index (Phi) is 5.05. The summed E-state index contributed by atoms with van der Waals surface area (Å²) in [7, 11) is 0. The van der Waals surface area contributed by atoms with Gasteiger partial charge in [-0.05, 0) is 36.2 Å². The van der Waals surface area contributed by atoms with Crippen molar-refractivity contribution < 1.29 is 4.74 Å². The maximum absolute atomic E-state index is 5.99. The number of nitrogens with two attached hydrogens (primary N) is 1. The molecule has 102 valence electrons. The van der Waals surface area contributed by atoms with E-state index in [1.807, 2.05) is 24.3 Å². The van der Waals surface area contributed by atoms with Crippen LogP contribution in [0.4, 0.5) is 0 Å². The number of halogens is 1. The molecule has 1 atom stereocenters. The molecule has 4 heteroatoms. The van der Waals surface area contributed by atoms with E-state index in [9.17, 15) is 0 Å². The third-order valence-electron chi connectivity index (χ3n) is 3.06. The molecule has 0 aliphatic rings. The molecule has 0 aliphatic heterocycles. The Labute approximate surface area is 122 Å². The molecule has 0 radical (unpaired) electrons. The number of hydrogen-bond acceptors (Lipinski definition) is 2. The molecule has 0 aliphatic carbocycles. The van der Waals surface area contributed by atoms with Crippen LogP contribution in [0.15, 0.2) is 47.2 Å². The molecule has 1 heterocycles. The van der Waals surface area contributed by atoms with Crippen LogP contribution in [-0.2, 0) is 6.54 Å². The van der Waals surface area contributed by atoms with Gasteiger partial charge in [0, 0.05) is 22.9 Å². The minimum Gasteiger partial charge on any atom is -0.492 e. The highest BCUT2D eigenvalue weighted by atomic mass is 79.9. The van der Waals surface area contributed by atoms with Crippen molar-refractivity contribution in [2.45, 2.75) is 25.9 Å². The van der Waals surface area contributed by atoms with Crippen molar-refractivity contribution in [2.24, 2.45) is 5.73 Å². The summed E-state index contributed by atoms with van der Waals surface area (Å²) in [6.07, 6.45) is 5.10. The molecule has 1 aromatic carbocycles. The lowest BCUT2D eigenvalue weighted by Crippen LogP contribution is -2.09. The van der Waals surface area contributed by atoms with Gasteiger partial charge in [0.2, 0.25) is 0 Å². The Morgan fingerprint density at radius 1 is 1.37 bits per heavy atom. The first-order valence-corrected chi connectivity index (χ1v) is 7.28. The number of benzene rings is 1. The molecule has 2 N–H and O–H groups in total. The van der Waals surface area contributed by atoms with Gasteiger partial charge in [0.1, 0.15) is 12.4 Å². The summed E-state index contributed by atoms with van der Waals surface area (Å²) in [6, 6.07) is 10.1. The minimum atomic E-state index is 0.132. The van der Waals surface area contributed by atoms with Gasteiger partial charge in [-0.1, -0.05) is 28.9 Å². The summed E-state index contributed by atoms with van der Waals surface area (Å²) in [5, 5.41) is 0. The number of hydrogen-bond donors (Lipinski definition) is 1. The quantitative estimate of drug-likeness (QED) is 0.880. The first-order valence-electron chi connectivity index (χ1n) is 6.48. The molecule has 0 fully saturated rings. The third kappa shape index (κ3) is 4.11. The molecule has 19 heavy (non-hydrogen) atoms. The van der Waals surface area contributed by atoms with Crippen LogP contribution in [0.25, 0.3) is 0 Å². The fourth-order valence-corrected chi connectivity index (χ4v) is 2.26. The van der Waals surface area contributed by atoms with E-state index in [0.29, 0.717) is 6.61 Å². The Morgan fingerprint density at radius 2 is 2.21 bits per heavy atom. The minimum absolute atomic E-state index is 0.132. The highest BCUT2D eigenvalue weighted by molar-refractivity contribution is 9.10. The summed E-state index contributed by atoms with van der Waals surface area (Å²) >= 11 is 3.43. The Bertz CT molecular complexity index is 524.